The zero-order valence-electron chi connectivity index (χ0n) is 4.76. The molecule has 1 atom stereocenters. The maximum atomic E-state index is 8.62. The maximum absolute atomic E-state index is 8.62. The van der Waals surface area contributed by atoms with Crippen molar-refractivity contribution in [2.45, 2.75) is 12.8 Å². The third-order valence-corrected chi connectivity index (χ3v) is 2.26. The Morgan fingerprint density at radius 2 is 2.62 bits per heavy atom. The fraction of sp³-hybridized carbons (Fsp3) is 0.833. The Morgan fingerprint density at radius 1 is 1.75 bits per heavy atom. The summed E-state index contributed by atoms with van der Waals surface area (Å²) in [5.41, 5.74) is 0. The summed E-state index contributed by atoms with van der Waals surface area (Å²) in [5.74, 6) is 4.68. The predicted octanol–water partition coefficient (Wildman–Crippen LogP) is 1.16. The minimum Gasteiger partial charge on any atom is -0.396 e. The molecule has 1 unspecified atom stereocenters. The van der Waals surface area contributed by atoms with Crippen LogP contribution in [0.2, 0.25) is 0 Å². The van der Waals surface area contributed by atoms with Crippen LogP contribution in [0.15, 0.2) is 0 Å². The van der Waals surface area contributed by atoms with E-state index in [0.29, 0.717) is 5.92 Å². The molecule has 0 aliphatic carbocycles. The predicted molar refractivity (Wildman–Crippen MR) is 35.5 cm³/mol. The highest BCUT2D eigenvalue weighted by atomic mass is 32.2. The maximum Gasteiger partial charge on any atom is 0.0538 e. The van der Waals surface area contributed by atoms with Gasteiger partial charge >= 0.3 is 0 Å². The van der Waals surface area contributed by atoms with Crippen molar-refractivity contribution in [2.24, 2.45) is 5.92 Å². The van der Waals surface area contributed by atoms with Crippen LogP contribution in [-0.2, 0) is 0 Å². The lowest BCUT2D eigenvalue weighted by molar-refractivity contribution is 0.240. The molecule has 0 aromatic heterocycles. The Balaban J connectivity index is 2.13. The molecule has 1 nitrogen and oxygen atoms in total. The highest BCUT2D eigenvalue weighted by Crippen LogP contribution is 2.25. The van der Waals surface area contributed by atoms with Crippen molar-refractivity contribution in [1.29, 1.82) is 0 Å². The third-order valence-electron chi connectivity index (χ3n) is 1.27. The summed E-state index contributed by atoms with van der Waals surface area (Å²) in [6, 6.07) is 0. The number of thioether (sulfide) groups is 1. The highest BCUT2D eigenvalue weighted by Gasteiger charge is 2.12. The fourth-order valence-corrected chi connectivity index (χ4v) is 1.62. The van der Waals surface area contributed by atoms with Crippen LogP contribution >= 0.6 is 11.8 Å². The number of aliphatic hydroxyl groups excluding tert-OH is 1. The van der Waals surface area contributed by atoms with Crippen LogP contribution in [0.25, 0.3) is 0 Å². The first-order chi connectivity index (χ1) is 3.93. The average Bonchev–Trinajstić information content (AvgIpc) is 1.90. The van der Waals surface area contributed by atoms with Crippen LogP contribution in [-0.4, -0.2) is 17.5 Å². The van der Waals surface area contributed by atoms with Crippen molar-refractivity contribution in [2.75, 3.05) is 12.4 Å². The van der Waals surface area contributed by atoms with Gasteiger partial charge in [-0.05, 0) is 24.5 Å². The third kappa shape index (κ3) is 1.67. The van der Waals surface area contributed by atoms with Gasteiger partial charge in [0.1, 0.15) is 0 Å². The molecule has 1 aliphatic rings. The van der Waals surface area contributed by atoms with E-state index in [9.17, 15) is 0 Å². The van der Waals surface area contributed by atoms with Crippen LogP contribution in [0.3, 0.4) is 0 Å². The van der Waals surface area contributed by atoms with Crippen LogP contribution < -0.4 is 0 Å². The Morgan fingerprint density at radius 3 is 3.00 bits per heavy atom. The first kappa shape index (κ1) is 6.43. The van der Waals surface area contributed by atoms with Crippen molar-refractivity contribution >= 4 is 11.8 Å². The van der Waals surface area contributed by atoms with E-state index in [0.717, 1.165) is 6.42 Å². The molecule has 1 N–H and O–H groups in total. The second kappa shape index (κ2) is 3.36. The first-order valence-corrected chi connectivity index (χ1v) is 3.90. The summed E-state index contributed by atoms with van der Waals surface area (Å²) in [7, 11) is 0. The van der Waals surface area contributed by atoms with Crippen molar-refractivity contribution in [3.8, 4) is 0 Å². The van der Waals surface area contributed by atoms with E-state index in [-0.39, 0.29) is 6.61 Å². The molecule has 1 saturated heterocycles. The Bertz CT molecular complexity index is 59.5. The van der Waals surface area contributed by atoms with E-state index >= 15 is 0 Å². The minimum atomic E-state index is 0.285. The molecule has 1 fully saturated rings. The summed E-state index contributed by atoms with van der Waals surface area (Å²) in [5, 5.41) is 8.62. The van der Waals surface area contributed by atoms with E-state index in [2.05, 4.69) is 5.75 Å². The molecule has 2 heteroatoms. The molecule has 2 radical (unpaired) electrons. The zero-order chi connectivity index (χ0) is 5.82. The van der Waals surface area contributed by atoms with Gasteiger partial charge in [-0.15, -0.1) is 0 Å². The number of rotatable bonds is 1. The average molecular weight is 130 g/mol. The van der Waals surface area contributed by atoms with Crippen LogP contribution in [0, 0.1) is 11.7 Å². The summed E-state index contributed by atoms with van der Waals surface area (Å²) in [4.78, 5) is 0. The molecule has 0 amide bonds. The molecule has 0 saturated carbocycles. The quantitative estimate of drug-likeness (QED) is 0.575. The minimum absolute atomic E-state index is 0.285. The SMILES string of the molecule is OCC1[C]SCCC1. The largest absolute Gasteiger partial charge is 0.396 e. The van der Waals surface area contributed by atoms with E-state index in [1.54, 1.807) is 11.8 Å². The lowest BCUT2D eigenvalue weighted by atomic mass is 10.1. The molecular weight excluding hydrogens is 120 g/mol. The van der Waals surface area contributed by atoms with Gasteiger partial charge in [-0.3, -0.25) is 0 Å². The van der Waals surface area contributed by atoms with Gasteiger partial charge in [0.2, 0.25) is 0 Å². The van der Waals surface area contributed by atoms with E-state index in [1.165, 1.54) is 12.2 Å². The lowest BCUT2D eigenvalue weighted by Crippen LogP contribution is -2.09. The van der Waals surface area contributed by atoms with Gasteiger partial charge in [0.05, 0.1) is 5.75 Å². The smallest absolute Gasteiger partial charge is 0.0538 e. The van der Waals surface area contributed by atoms with Gasteiger partial charge in [-0.1, -0.05) is 0 Å². The van der Waals surface area contributed by atoms with Gasteiger partial charge in [-0.25, -0.2) is 0 Å². The summed E-state index contributed by atoms with van der Waals surface area (Å²) in [6.07, 6.45) is 2.37. The van der Waals surface area contributed by atoms with Crippen molar-refractivity contribution < 1.29 is 5.11 Å². The number of hydrogen-bond donors (Lipinski definition) is 1. The van der Waals surface area contributed by atoms with Gasteiger partial charge in [0, 0.05) is 6.61 Å². The van der Waals surface area contributed by atoms with Gasteiger partial charge in [0.15, 0.2) is 0 Å². The Labute approximate surface area is 54.5 Å². The molecule has 0 bridgehead atoms. The summed E-state index contributed by atoms with van der Waals surface area (Å²) < 4.78 is 0. The number of aliphatic hydroxyl groups is 1. The van der Waals surface area contributed by atoms with Gasteiger partial charge in [0.25, 0.3) is 0 Å². The van der Waals surface area contributed by atoms with Crippen LogP contribution in [0.4, 0.5) is 0 Å². The van der Waals surface area contributed by atoms with Crippen molar-refractivity contribution in [3.63, 3.8) is 0 Å². The molecule has 0 aromatic rings. The molecule has 8 heavy (non-hydrogen) atoms. The molecule has 1 heterocycles. The van der Waals surface area contributed by atoms with Crippen molar-refractivity contribution in [1.82, 2.24) is 0 Å². The lowest BCUT2D eigenvalue weighted by Gasteiger charge is -2.16. The first-order valence-electron chi connectivity index (χ1n) is 2.91. The molecule has 1 aliphatic heterocycles. The molecular formula is C6H10OS. The van der Waals surface area contributed by atoms with Crippen molar-refractivity contribution in [3.05, 3.63) is 5.75 Å². The second-order valence-electron chi connectivity index (χ2n) is 1.99. The fourth-order valence-electron chi connectivity index (χ4n) is 0.766. The standard InChI is InChI=1S/C6H10OS/c7-4-6-2-1-3-8-5-6/h6-7H,1-4H2. The van der Waals surface area contributed by atoms with Crippen LogP contribution in [0.5, 0.6) is 0 Å². The number of hydrogen-bond acceptors (Lipinski definition) is 2. The monoisotopic (exact) mass is 130 g/mol. The zero-order valence-corrected chi connectivity index (χ0v) is 5.58. The molecule has 46 valence electrons. The Hall–Kier alpha value is 0.310. The highest BCUT2D eigenvalue weighted by molar-refractivity contribution is 8.01. The molecule has 0 spiro atoms. The van der Waals surface area contributed by atoms with E-state index in [1.807, 2.05) is 0 Å². The Kier molecular flexibility index (Phi) is 2.70. The normalized spacial score (nSPS) is 30.4. The van der Waals surface area contributed by atoms with Gasteiger partial charge < -0.3 is 5.11 Å². The summed E-state index contributed by atoms with van der Waals surface area (Å²) in [6.45, 7) is 0.285. The molecule has 1 rings (SSSR count). The van der Waals surface area contributed by atoms with E-state index in [4.69, 9.17) is 5.11 Å². The topological polar surface area (TPSA) is 20.2 Å². The summed E-state index contributed by atoms with van der Waals surface area (Å²) >= 11 is 1.72. The van der Waals surface area contributed by atoms with E-state index < -0.39 is 0 Å². The molecule has 0 aromatic carbocycles. The van der Waals surface area contributed by atoms with Crippen LogP contribution in [0.1, 0.15) is 12.8 Å². The van der Waals surface area contributed by atoms with Gasteiger partial charge in [-0.2, -0.15) is 11.8 Å². The second-order valence-corrected chi connectivity index (χ2v) is 2.92.